The second-order valence-corrected chi connectivity index (χ2v) is 5.58. The fourth-order valence-electron chi connectivity index (χ4n) is 2.58. The van der Waals surface area contributed by atoms with Crippen molar-refractivity contribution in [3.63, 3.8) is 0 Å². The molecule has 0 aliphatic heterocycles. The Balaban J connectivity index is 2.46. The smallest absolute Gasteiger partial charge is 0.130 e. The molecule has 0 radical (unpaired) electrons. The second-order valence-electron chi connectivity index (χ2n) is 5.58. The van der Waals surface area contributed by atoms with E-state index in [1.165, 1.54) is 22.3 Å². The molecule has 2 rings (SSSR count). The van der Waals surface area contributed by atoms with E-state index >= 15 is 0 Å². The Bertz CT molecular complexity index is 584. The van der Waals surface area contributed by atoms with Crippen LogP contribution < -0.4 is 5.32 Å². The van der Waals surface area contributed by atoms with Crippen molar-refractivity contribution >= 4 is 0 Å². The molecule has 1 unspecified atom stereocenters. The maximum atomic E-state index is 4.54. The van der Waals surface area contributed by atoms with Gasteiger partial charge in [0.2, 0.25) is 0 Å². The van der Waals surface area contributed by atoms with E-state index in [0.29, 0.717) is 0 Å². The summed E-state index contributed by atoms with van der Waals surface area (Å²) >= 11 is 0. The van der Waals surface area contributed by atoms with Crippen molar-refractivity contribution < 1.29 is 0 Å². The largest absolute Gasteiger partial charge is 0.336 e. The van der Waals surface area contributed by atoms with Crippen molar-refractivity contribution in [3.05, 3.63) is 52.6 Å². The van der Waals surface area contributed by atoms with Gasteiger partial charge in [0.1, 0.15) is 5.82 Å². The van der Waals surface area contributed by atoms with Crippen molar-refractivity contribution in [1.82, 2.24) is 14.9 Å². The van der Waals surface area contributed by atoms with E-state index in [2.05, 4.69) is 61.7 Å². The van der Waals surface area contributed by atoms with Gasteiger partial charge in [-0.05, 0) is 56.0 Å². The molecule has 3 nitrogen and oxygen atoms in total. The van der Waals surface area contributed by atoms with Gasteiger partial charge in [0, 0.05) is 19.4 Å². The summed E-state index contributed by atoms with van der Waals surface area (Å²) in [6.45, 7) is 9.71. The van der Waals surface area contributed by atoms with Crippen LogP contribution in [-0.4, -0.2) is 16.1 Å². The number of hydrogen-bond acceptors (Lipinski definition) is 2. The Morgan fingerprint density at radius 2 is 1.85 bits per heavy atom. The SMILES string of the molecule is CCCNC(c1cc(C)c(C)cc1C)c1nccn1C. The first-order chi connectivity index (χ1) is 9.54. The van der Waals surface area contributed by atoms with Crippen molar-refractivity contribution in [1.29, 1.82) is 0 Å². The number of rotatable bonds is 5. The van der Waals surface area contributed by atoms with Crippen LogP contribution in [0.3, 0.4) is 0 Å². The lowest BCUT2D eigenvalue weighted by Crippen LogP contribution is -2.26. The maximum absolute atomic E-state index is 4.54. The van der Waals surface area contributed by atoms with E-state index in [0.717, 1.165) is 18.8 Å². The van der Waals surface area contributed by atoms with E-state index in [9.17, 15) is 0 Å². The molecular weight excluding hydrogens is 246 g/mol. The van der Waals surface area contributed by atoms with Crippen LogP contribution in [0.15, 0.2) is 24.5 Å². The average molecular weight is 271 g/mol. The monoisotopic (exact) mass is 271 g/mol. The van der Waals surface area contributed by atoms with Gasteiger partial charge >= 0.3 is 0 Å². The molecule has 0 saturated heterocycles. The fourth-order valence-corrected chi connectivity index (χ4v) is 2.58. The lowest BCUT2D eigenvalue weighted by molar-refractivity contribution is 0.553. The molecule has 0 aliphatic rings. The van der Waals surface area contributed by atoms with Gasteiger partial charge in [0.05, 0.1) is 6.04 Å². The highest BCUT2D eigenvalue weighted by molar-refractivity contribution is 5.40. The summed E-state index contributed by atoms with van der Waals surface area (Å²) in [5, 5.41) is 3.63. The van der Waals surface area contributed by atoms with Crippen molar-refractivity contribution in [3.8, 4) is 0 Å². The Labute approximate surface area is 122 Å². The fraction of sp³-hybridized carbons (Fsp3) is 0.471. The van der Waals surface area contributed by atoms with E-state index in [-0.39, 0.29) is 6.04 Å². The minimum Gasteiger partial charge on any atom is -0.336 e. The summed E-state index contributed by atoms with van der Waals surface area (Å²) < 4.78 is 2.10. The first-order valence-electron chi connectivity index (χ1n) is 7.33. The van der Waals surface area contributed by atoms with Gasteiger partial charge in [-0.3, -0.25) is 0 Å². The van der Waals surface area contributed by atoms with Gasteiger partial charge in [-0.15, -0.1) is 0 Å². The molecule has 0 fully saturated rings. The Kier molecular flexibility index (Phi) is 4.61. The predicted molar refractivity (Wildman–Crippen MR) is 84.0 cm³/mol. The molecule has 20 heavy (non-hydrogen) atoms. The number of aromatic nitrogens is 2. The summed E-state index contributed by atoms with van der Waals surface area (Å²) in [6, 6.07) is 4.73. The number of hydrogen-bond donors (Lipinski definition) is 1. The summed E-state index contributed by atoms with van der Waals surface area (Å²) in [4.78, 5) is 4.54. The quantitative estimate of drug-likeness (QED) is 0.903. The van der Waals surface area contributed by atoms with Crippen molar-refractivity contribution in [2.45, 2.75) is 40.2 Å². The molecular formula is C17H25N3. The molecule has 1 heterocycles. The lowest BCUT2D eigenvalue weighted by atomic mass is 9.95. The first kappa shape index (κ1) is 14.8. The predicted octanol–water partition coefficient (Wildman–Crippen LogP) is 3.43. The van der Waals surface area contributed by atoms with Gasteiger partial charge in [-0.25, -0.2) is 4.98 Å². The minimum absolute atomic E-state index is 0.161. The second kappa shape index (κ2) is 6.23. The zero-order valence-electron chi connectivity index (χ0n) is 13.2. The number of benzene rings is 1. The summed E-state index contributed by atoms with van der Waals surface area (Å²) in [5.74, 6) is 1.07. The van der Waals surface area contributed by atoms with Crippen LogP contribution in [0.25, 0.3) is 0 Å². The lowest BCUT2D eigenvalue weighted by Gasteiger charge is -2.22. The van der Waals surface area contributed by atoms with E-state index in [4.69, 9.17) is 0 Å². The summed E-state index contributed by atoms with van der Waals surface area (Å²) in [5.41, 5.74) is 5.34. The zero-order valence-corrected chi connectivity index (χ0v) is 13.2. The van der Waals surface area contributed by atoms with Crippen LogP contribution in [-0.2, 0) is 7.05 Å². The standard InChI is InChI=1S/C17H25N3/c1-6-7-18-16(17-19-8-9-20(17)5)15-11-13(3)12(2)10-14(15)4/h8-11,16,18H,6-7H2,1-5H3. The Hall–Kier alpha value is -1.61. The number of nitrogens with one attached hydrogen (secondary N) is 1. The third-order valence-corrected chi connectivity index (χ3v) is 3.91. The normalized spacial score (nSPS) is 12.7. The highest BCUT2D eigenvalue weighted by atomic mass is 15.1. The average Bonchev–Trinajstić information content (AvgIpc) is 2.82. The molecule has 108 valence electrons. The molecule has 1 atom stereocenters. The number of aryl methyl sites for hydroxylation is 4. The molecule has 0 amide bonds. The van der Waals surface area contributed by atoms with E-state index in [1.54, 1.807) is 0 Å². The first-order valence-corrected chi connectivity index (χ1v) is 7.33. The van der Waals surface area contributed by atoms with Gasteiger partial charge in [0.25, 0.3) is 0 Å². The van der Waals surface area contributed by atoms with Crippen LogP contribution in [0.2, 0.25) is 0 Å². The van der Waals surface area contributed by atoms with Gasteiger partial charge in [0.15, 0.2) is 0 Å². The highest BCUT2D eigenvalue weighted by Crippen LogP contribution is 2.26. The van der Waals surface area contributed by atoms with Crippen LogP contribution in [0.1, 0.15) is 47.5 Å². The molecule has 0 saturated carbocycles. The molecule has 0 aliphatic carbocycles. The minimum atomic E-state index is 0.161. The molecule has 2 aromatic rings. The molecule has 0 bridgehead atoms. The van der Waals surface area contributed by atoms with Crippen LogP contribution in [0.4, 0.5) is 0 Å². The summed E-state index contributed by atoms with van der Waals surface area (Å²) in [6.07, 6.45) is 4.99. The van der Waals surface area contributed by atoms with Crippen molar-refractivity contribution in [2.75, 3.05) is 6.54 Å². The molecule has 3 heteroatoms. The highest BCUT2D eigenvalue weighted by Gasteiger charge is 2.19. The van der Waals surface area contributed by atoms with Crippen LogP contribution >= 0.6 is 0 Å². The van der Waals surface area contributed by atoms with Crippen LogP contribution in [0, 0.1) is 20.8 Å². The molecule has 1 aromatic carbocycles. The van der Waals surface area contributed by atoms with E-state index in [1.807, 2.05) is 12.4 Å². The topological polar surface area (TPSA) is 29.9 Å². The number of nitrogens with zero attached hydrogens (tertiary/aromatic N) is 2. The molecule has 1 aromatic heterocycles. The van der Waals surface area contributed by atoms with E-state index < -0.39 is 0 Å². The Morgan fingerprint density at radius 1 is 1.15 bits per heavy atom. The van der Waals surface area contributed by atoms with Crippen molar-refractivity contribution in [2.24, 2.45) is 7.05 Å². The van der Waals surface area contributed by atoms with Crippen LogP contribution in [0.5, 0.6) is 0 Å². The molecule has 0 spiro atoms. The van der Waals surface area contributed by atoms with Gasteiger partial charge < -0.3 is 9.88 Å². The third kappa shape index (κ3) is 2.93. The van der Waals surface area contributed by atoms with Gasteiger partial charge in [-0.1, -0.05) is 19.1 Å². The third-order valence-electron chi connectivity index (χ3n) is 3.91. The zero-order chi connectivity index (χ0) is 14.7. The van der Waals surface area contributed by atoms with Gasteiger partial charge in [-0.2, -0.15) is 0 Å². The molecule has 1 N–H and O–H groups in total. The maximum Gasteiger partial charge on any atom is 0.130 e. The Morgan fingerprint density at radius 3 is 2.45 bits per heavy atom. The summed E-state index contributed by atoms with van der Waals surface area (Å²) in [7, 11) is 2.05. The number of imidazole rings is 1.